The number of aryl methyl sites for hydroxylation is 2. The van der Waals surface area contributed by atoms with Crippen LogP contribution in [0.5, 0.6) is 0 Å². The van der Waals surface area contributed by atoms with Gasteiger partial charge in [-0.15, -0.1) is 0 Å². The van der Waals surface area contributed by atoms with Gasteiger partial charge in [-0.25, -0.2) is 13.8 Å². The topological polar surface area (TPSA) is 122 Å². The Morgan fingerprint density at radius 1 is 1.03 bits per heavy atom. The molecule has 0 aliphatic rings. The molecule has 0 aromatic heterocycles. The second-order valence-electron chi connectivity index (χ2n) is 7.78. The lowest BCUT2D eigenvalue weighted by Gasteiger charge is -2.23. The molecule has 0 saturated carbocycles. The molecule has 0 saturated heterocycles. The number of hydrogen-bond donors (Lipinski definition) is 1. The Bertz CT molecular complexity index is 1330. The van der Waals surface area contributed by atoms with Gasteiger partial charge in [0.2, 0.25) is 10.0 Å². The van der Waals surface area contributed by atoms with Crippen molar-refractivity contribution in [2.75, 3.05) is 10.6 Å². The predicted octanol–water partition coefficient (Wildman–Crippen LogP) is 3.94. The van der Waals surface area contributed by atoms with E-state index in [-0.39, 0.29) is 12.2 Å². The van der Waals surface area contributed by atoms with Crippen molar-refractivity contribution >= 4 is 33.5 Å². The van der Waals surface area contributed by atoms with Crippen molar-refractivity contribution in [2.45, 2.75) is 20.4 Å². The van der Waals surface area contributed by atoms with E-state index in [0.29, 0.717) is 16.8 Å². The average Bonchev–Trinajstić information content (AvgIpc) is 2.79. The first-order valence-corrected chi connectivity index (χ1v) is 12.1. The summed E-state index contributed by atoms with van der Waals surface area (Å²) >= 11 is 0. The fourth-order valence-corrected chi connectivity index (χ4v) is 4.00. The number of nitro groups is 1. The van der Waals surface area contributed by atoms with E-state index in [0.717, 1.165) is 22.9 Å². The Hall–Kier alpha value is -4.05. The summed E-state index contributed by atoms with van der Waals surface area (Å²) in [5.74, 6) is -0.446. The summed E-state index contributed by atoms with van der Waals surface area (Å²) in [6, 6.07) is 17.8. The average molecular weight is 481 g/mol. The lowest BCUT2D eigenvalue weighted by Crippen LogP contribution is -2.29. The van der Waals surface area contributed by atoms with Crippen LogP contribution in [0.1, 0.15) is 32.6 Å². The number of hydrazone groups is 1. The van der Waals surface area contributed by atoms with E-state index in [9.17, 15) is 23.3 Å². The molecule has 9 nitrogen and oxygen atoms in total. The number of hydrogen-bond acceptors (Lipinski definition) is 6. The van der Waals surface area contributed by atoms with Crippen LogP contribution >= 0.6 is 0 Å². The number of nitrogens with one attached hydrogen (secondary N) is 1. The number of benzene rings is 3. The SMILES string of the molecule is Cc1ccc(N(Cc2ccc(C(=O)N/N=C\c3ccc([N+](=O)[O-])cc3)cc2)S(C)(=O)=O)cc1C. The molecule has 3 aromatic carbocycles. The first-order chi connectivity index (χ1) is 16.0. The number of sulfonamides is 1. The van der Waals surface area contributed by atoms with Crippen molar-refractivity contribution in [3.8, 4) is 0 Å². The summed E-state index contributed by atoms with van der Waals surface area (Å²) in [4.78, 5) is 22.5. The molecule has 0 atom stereocenters. The van der Waals surface area contributed by atoms with Crippen molar-refractivity contribution < 1.29 is 18.1 Å². The van der Waals surface area contributed by atoms with Gasteiger partial charge in [-0.05, 0) is 72.5 Å². The standard InChI is InChI=1S/C24H24N4O5S/c1-17-4-11-23(14-18(17)2)27(34(3,32)33)16-20-5-9-21(10-6-20)24(29)26-25-15-19-7-12-22(13-8-19)28(30)31/h4-15H,16H2,1-3H3,(H,26,29)/b25-15-. The molecule has 0 radical (unpaired) electrons. The maximum Gasteiger partial charge on any atom is 0.271 e. The van der Waals surface area contributed by atoms with E-state index in [2.05, 4.69) is 10.5 Å². The van der Waals surface area contributed by atoms with Crippen LogP contribution in [0.4, 0.5) is 11.4 Å². The summed E-state index contributed by atoms with van der Waals surface area (Å²) < 4.78 is 26.1. The van der Waals surface area contributed by atoms with Gasteiger partial charge in [0.1, 0.15) is 0 Å². The van der Waals surface area contributed by atoms with E-state index >= 15 is 0 Å². The monoisotopic (exact) mass is 480 g/mol. The van der Waals surface area contributed by atoms with Crippen LogP contribution in [-0.4, -0.2) is 31.7 Å². The number of amides is 1. The highest BCUT2D eigenvalue weighted by atomic mass is 32.2. The van der Waals surface area contributed by atoms with Gasteiger partial charge in [-0.3, -0.25) is 19.2 Å². The normalized spacial score (nSPS) is 11.4. The first-order valence-electron chi connectivity index (χ1n) is 10.3. The Balaban J connectivity index is 1.67. The molecule has 0 fully saturated rings. The third-order valence-electron chi connectivity index (χ3n) is 5.20. The predicted molar refractivity (Wildman–Crippen MR) is 132 cm³/mol. The molecule has 176 valence electrons. The van der Waals surface area contributed by atoms with E-state index in [4.69, 9.17) is 0 Å². The highest BCUT2D eigenvalue weighted by Crippen LogP contribution is 2.23. The molecule has 1 N–H and O–H groups in total. The molecule has 1 amide bonds. The fraction of sp³-hybridized carbons (Fsp3) is 0.167. The number of anilines is 1. The number of carbonyl (C=O) groups is 1. The molecular formula is C24H24N4O5S. The number of rotatable bonds is 8. The minimum Gasteiger partial charge on any atom is -0.267 e. The van der Waals surface area contributed by atoms with Gasteiger partial charge >= 0.3 is 0 Å². The summed E-state index contributed by atoms with van der Waals surface area (Å²) in [5.41, 5.74) is 6.66. The summed E-state index contributed by atoms with van der Waals surface area (Å²) in [7, 11) is -3.52. The fourth-order valence-electron chi connectivity index (χ4n) is 3.12. The van der Waals surface area contributed by atoms with E-state index in [1.807, 2.05) is 26.0 Å². The first kappa shape index (κ1) is 24.6. The second-order valence-corrected chi connectivity index (χ2v) is 9.69. The maximum absolute atomic E-state index is 12.4. The third-order valence-corrected chi connectivity index (χ3v) is 6.35. The molecule has 0 aliphatic carbocycles. The van der Waals surface area contributed by atoms with Crippen molar-refractivity contribution in [1.82, 2.24) is 5.43 Å². The minimum absolute atomic E-state index is 0.0340. The third kappa shape index (κ3) is 6.26. The largest absolute Gasteiger partial charge is 0.271 e. The van der Waals surface area contributed by atoms with E-state index < -0.39 is 20.9 Å². The van der Waals surface area contributed by atoms with Crippen molar-refractivity contribution in [3.05, 3.63) is 105 Å². The lowest BCUT2D eigenvalue weighted by molar-refractivity contribution is -0.384. The highest BCUT2D eigenvalue weighted by Gasteiger charge is 2.18. The summed E-state index contributed by atoms with van der Waals surface area (Å²) in [6.07, 6.45) is 2.54. The van der Waals surface area contributed by atoms with Crippen LogP contribution in [-0.2, 0) is 16.6 Å². The molecule has 0 unspecified atom stereocenters. The Labute approximate surface area is 197 Å². The van der Waals surface area contributed by atoms with Crippen LogP contribution in [0.25, 0.3) is 0 Å². The van der Waals surface area contributed by atoms with Gasteiger partial charge in [0.15, 0.2) is 0 Å². The number of nitrogens with zero attached hydrogens (tertiary/aromatic N) is 3. The number of non-ortho nitro benzene ring substituents is 1. The van der Waals surface area contributed by atoms with Gasteiger partial charge in [-0.1, -0.05) is 18.2 Å². The molecule has 0 aliphatic heterocycles. The summed E-state index contributed by atoms with van der Waals surface area (Å²) in [5, 5.41) is 14.6. The number of nitro benzene ring substituents is 1. The molecule has 0 bridgehead atoms. The van der Waals surface area contributed by atoms with Crippen LogP contribution in [0.3, 0.4) is 0 Å². The Kier molecular flexibility index (Phi) is 7.42. The zero-order chi connectivity index (χ0) is 24.9. The zero-order valence-corrected chi connectivity index (χ0v) is 19.7. The Morgan fingerprint density at radius 3 is 2.24 bits per heavy atom. The molecule has 10 heteroatoms. The summed E-state index contributed by atoms with van der Waals surface area (Å²) in [6.45, 7) is 4.02. The van der Waals surface area contributed by atoms with Gasteiger partial charge in [0.05, 0.1) is 29.6 Å². The smallest absolute Gasteiger partial charge is 0.267 e. The quantitative estimate of drug-likeness (QED) is 0.297. The molecule has 34 heavy (non-hydrogen) atoms. The minimum atomic E-state index is -3.52. The van der Waals surface area contributed by atoms with Crippen molar-refractivity contribution in [3.63, 3.8) is 0 Å². The van der Waals surface area contributed by atoms with E-state index in [1.54, 1.807) is 30.3 Å². The van der Waals surface area contributed by atoms with Gasteiger partial charge in [0.25, 0.3) is 11.6 Å². The van der Waals surface area contributed by atoms with Crippen molar-refractivity contribution in [2.24, 2.45) is 5.10 Å². The van der Waals surface area contributed by atoms with Gasteiger partial charge in [0, 0.05) is 17.7 Å². The highest BCUT2D eigenvalue weighted by molar-refractivity contribution is 7.92. The van der Waals surface area contributed by atoms with E-state index in [1.165, 1.54) is 34.8 Å². The molecule has 3 aromatic rings. The second kappa shape index (κ2) is 10.3. The zero-order valence-electron chi connectivity index (χ0n) is 18.9. The van der Waals surface area contributed by atoms with Crippen LogP contribution in [0, 0.1) is 24.0 Å². The van der Waals surface area contributed by atoms with Crippen LogP contribution < -0.4 is 9.73 Å². The van der Waals surface area contributed by atoms with Crippen LogP contribution in [0.15, 0.2) is 71.8 Å². The molecule has 3 rings (SSSR count). The maximum atomic E-state index is 12.4. The van der Waals surface area contributed by atoms with Crippen molar-refractivity contribution in [1.29, 1.82) is 0 Å². The Morgan fingerprint density at radius 2 is 1.68 bits per heavy atom. The number of carbonyl (C=O) groups excluding carboxylic acids is 1. The molecule has 0 heterocycles. The van der Waals surface area contributed by atoms with Gasteiger partial charge < -0.3 is 0 Å². The lowest BCUT2D eigenvalue weighted by atomic mass is 10.1. The molecular weight excluding hydrogens is 456 g/mol. The van der Waals surface area contributed by atoms with Gasteiger partial charge in [-0.2, -0.15) is 5.10 Å². The van der Waals surface area contributed by atoms with Crippen LogP contribution in [0.2, 0.25) is 0 Å². The molecule has 0 spiro atoms.